The van der Waals surface area contributed by atoms with Crippen molar-refractivity contribution in [3.05, 3.63) is 28.2 Å². The summed E-state index contributed by atoms with van der Waals surface area (Å²) in [5.74, 6) is 0.922. The number of halogens is 1. The first-order chi connectivity index (χ1) is 9.12. The van der Waals surface area contributed by atoms with Crippen LogP contribution in [0.4, 0.5) is 0 Å². The largest absolute Gasteiger partial charge is 0.492 e. The van der Waals surface area contributed by atoms with E-state index in [9.17, 15) is 0 Å². The molecule has 19 heavy (non-hydrogen) atoms. The van der Waals surface area contributed by atoms with Crippen LogP contribution in [-0.4, -0.2) is 38.2 Å². The Morgan fingerprint density at radius 2 is 2.00 bits per heavy atom. The van der Waals surface area contributed by atoms with E-state index in [1.165, 1.54) is 5.56 Å². The second-order valence-electron chi connectivity index (χ2n) is 4.57. The summed E-state index contributed by atoms with van der Waals surface area (Å²) in [6, 6.07) is 6.53. The van der Waals surface area contributed by atoms with Crippen molar-refractivity contribution in [2.75, 3.05) is 33.3 Å². The van der Waals surface area contributed by atoms with Crippen LogP contribution in [-0.2, 0) is 0 Å². The Labute approximate surface area is 125 Å². The summed E-state index contributed by atoms with van der Waals surface area (Å²) in [5, 5.41) is 3.24. The molecule has 1 atom stereocenters. The molecule has 0 aliphatic carbocycles. The van der Waals surface area contributed by atoms with Crippen LogP contribution in [0.15, 0.2) is 22.7 Å². The quantitative estimate of drug-likeness (QED) is 0.791. The van der Waals surface area contributed by atoms with Crippen molar-refractivity contribution in [2.45, 2.75) is 26.8 Å². The van der Waals surface area contributed by atoms with E-state index >= 15 is 0 Å². The van der Waals surface area contributed by atoms with Gasteiger partial charge in [-0.2, -0.15) is 0 Å². The van der Waals surface area contributed by atoms with Crippen molar-refractivity contribution in [1.29, 1.82) is 0 Å². The molecule has 0 fully saturated rings. The Hall–Kier alpha value is -0.580. The van der Waals surface area contributed by atoms with E-state index in [4.69, 9.17) is 4.74 Å². The lowest BCUT2D eigenvalue weighted by Crippen LogP contribution is -2.27. The van der Waals surface area contributed by atoms with E-state index in [-0.39, 0.29) is 0 Å². The van der Waals surface area contributed by atoms with Crippen LogP contribution in [0.2, 0.25) is 0 Å². The molecule has 1 N–H and O–H groups in total. The van der Waals surface area contributed by atoms with Crippen molar-refractivity contribution in [3.63, 3.8) is 0 Å². The molecular formula is C15H25BrN2O. The number of nitrogens with one attached hydrogen (secondary N) is 1. The molecule has 4 heteroatoms. The number of hydrogen-bond donors (Lipinski definition) is 1. The van der Waals surface area contributed by atoms with Gasteiger partial charge >= 0.3 is 0 Å². The highest BCUT2D eigenvalue weighted by atomic mass is 79.9. The molecule has 0 radical (unpaired) electrons. The van der Waals surface area contributed by atoms with E-state index in [1.54, 1.807) is 0 Å². The zero-order valence-corrected chi connectivity index (χ0v) is 14.0. The van der Waals surface area contributed by atoms with E-state index in [0.29, 0.717) is 6.04 Å². The average molecular weight is 329 g/mol. The van der Waals surface area contributed by atoms with Gasteiger partial charge in [0.25, 0.3) is 0 Å². The lowest BCUT2D eigenvalue weighted by Gasteiger charge is -2.18. The number of ether oxygens (including phenoxy) is 1. The third-order valence-corrected chi connectivity index (χ3v) is 4.13. The summed E-state index contributed by atoms with van der Waals surface area (Å²) in [6.07, 6.45) is 0. The van der Waals surface area contributed by atoms with Gasteiger partial charge < -0.3 is 15.0 Å². The van der Waals surface area contributed by atoms with E-state index in [2.05, 4.69) is 53.0 Å². The molecule has 0 bridgehead atoms. The molecule has 3 nitrogen and oxygen atoms in total. The second kappa shape index (κ2) is 8.56. The summed E-state index contributed by atoms with van der Waals surface area (Å²) < 4.78 is 6.89. The Morgan fingerprint density at radius 1 is 1.32 bits per heavy atom. The average Bonchev–Trinajstić information content (AvgIpc) is 2.43. The van der Waals surface area contributed by atoms with Crippen molar-refractivity contribution >= 4 is 15.9 Å². The highest BCUT2D eigenvalue weighted by molar-refractivity contribution is 9.10. The molecule has 1 rings (SSSR count). The monoisotopic (exact) mass is 328 g/mol. The van der Waals surface area contributed by atoms with Gasteiger partial charge in [0, 0.05) is 17.1 Å². The number of nitrogens with zero attached hydrogens (tertiary/aromatic N) is 1. The maximum absolute atomic E-state index is 5.80. The highest BCUT2D eigenvalue weighted by Gasteiger charge is 2.08. The standard InChI is InChI=1S/C15H25BrN2O/c1-5-18(6-2)9-10-19-13-7-8-14(12(3)17-4)15(16)11-13/h7-8,11-12,17H,5-6,9-10H2,1-4H3. The van der Waals surface area contributed by atoms with Crippen molar-refractivity contribution in [1.82, 2.24) is 10.2 Å². The summed E-state index contributed by atoms with van der Waals surface area (Å²) in [4.78, 5) is 2.35. The first-order valence-corrected chi connectivity index (χ1v) is 7.73. The molecule has 0 heterocycles. The van der Waals surface area contributed by atoms with Gasteiger partial charge in [-0.25, -0.2) is 0 Å². The highest BCUT2D eigenvalue weighted by Crippen LogP contribution is 2.27. The van der Waals surface area contributed by atoms with Crippen LogP contribution in [0, 0.1) is 0 Å². The fourth-order valence-corrected chi connectivity index (χ4v) is 2.64. The van der Waals surface area contributed by atoms with Gasteiger partial charge in [-0.05, 0) is 44.8 Å². The third kappa shape index (κ3) is 5.13. The fourth-order valence-electron chi connectivity index (χ4n) is 1.94. The summed E-state index contributed by atoms with van der Waals surface area (Å²) in [6.45, 7) is 10.3. The van der Waals surface area contributed by atoms with E-state index < -0.39 is 0 Å². The molecule has 1 aromatic rings. The number of rotatable bonds is 8. The van der Waals surface area contributed by atoms with Gasteiger partial charge in [-0.3, -0.25) is 0 Å². The van der Waals surface area contributed by atoms with Crippen LogP contribution < -0.4 is 10.1 Å². The molecule has 0 spiro atoms. The predicted molar refractivity (Wildman–Crippen MR) is 84.9 cm³/mol. The van der Waals surface area contributed by atoms with Crippen LogP contribution >= 0.6 is 15.9 Å². The minimum Gasteiger partial charge on any atom is -0.492 e. The molecule has 108 valence electrons. The summed E-state index contributed by atoms with van der Waals surface area (Å²) in [5.41, 5.74) is 1.25. The third-order valence-electron chi connectivity index (χ3n) is 3.44. The lowest BCUT2D eigenvalue weighted by molar-refractivity contribution is 0.222. The summed E-state index contributed by atoms with van der Waals surface area (Å²) >= 11 is 3.61. The normalized spacial score (nSPS) is 12.7. The van der Waals surface area contributed by atoms with Gasteiger partial charge in [0.2, 0.25) is 0 Å². The molecule has 0 aliphatic heterocycles. The topological polar surface area (TPSA) is 24.5 Å². The number of benzene rings is 1. The minimum absolute atomic E-state index is 0.332. The molecule has 0 aromatic heterocycles. The molecule has 1 unspecified atom stereocenters. The van der Waals surface area contributed by atoms with Gasteiger partial charge in [0.05, 0.1) is 0 Å². The molecule has 0 aliphatic rings. The summed E-state index contributed by atoms with van der Waals surface area (Å²) in [7, 11) is 1.96. The van der Waals surface area contributed by atoms with E-state index in [1.807, 2.05) is 19.2 Å². The maximum Gasteiger partial charge on any atom is 0.120 e. The van der Waals surface area contributed by atoms with Crippen molar-refractivity contribution in [3.8, 4) is 5.75 Å². The smallest absolute Gasteiger partial charge is 0.120 e. The maximum atomic E-state index is 5.80. The van der Waals surface area contributed by atoms with Gasteiger partial charge in [0.15, 0.2) is 0 Å². The van der Waals surface area contributed by atoms with E-state index in [0.717, 1.165) is 36.5 Å². The minimum atomic E-state index is 0.332. The molecular weight excluding hydrogens is 304 g/mol. The lowest BCUT2D eigenvalue weighted by atomic mass is 10.1. The Morgan fingerprint density at radius 3 is 2.53 bits per heavy atom. The molecule has 0 saturated carbocycles. The SMILES string of the molecule is CCN(CC)CCOc1ccc(C(C)NC)c(Br)c1. The van der Waals surface area contributed by atoms with Gasteiger partial charge in [-0.1, -0.05) is 35.8 Å². The Balaban J connectivity index is 2.54. The van der Waals surface area contributed by atoms with Gasteiger partial charge in [0.1, 0.15) is 12.4 Å². The van der Waals surface area contributed by atoms with Crippen LogP contribution in [0.1, 0.15) is 32.4 Å². The fraction of sp³-hybridized carbons (Fsp3) is 0.600. The number of hydrogen-bond acceptors (Lipinski definition) is 3. The van der Waals surface area contributed by atoms with Crippen molar-refractivity contribution < 1.29 is 4.74 Å². The number of likely N-dealkylation sites (N-methyl/N-ethyl adjacent to an activating group) is 1. The second-order valence-corrected chi connectivity index (χ2v) is 5.42. The van der Waals surface area contributed by atoms with Crippen molar-refractivity contribution in [2.24, 2.45) is 0 Å². The van der Waals surface area contributed by atoms with Crippen LogP contribution in [0.3, 0.4) is 0 Å². The van der Waals surface area contributed by atoms with Crippen LogP contribution in [0.25, 0.3) is 0 Å². The molecule has 0 amide bonds. The first-order valence-electron chi connectivity index (χ1n) is 6.94. The zero-order chi connectivity index (χ0) is 14.3. The first kappa shape index (κ1) is 16.5. The van der Waals surface area contributed by atoms with Gasteiger partial charge in [-0.15, -0.1) is 0 Å². The Kier molecular flexibility index (Phi) is 7.42. The molecule has 0 saturated heterocycles. The van der Waals surface area contributed by atoms with Crippen LogP contribution in [0.5, 0.6) is 5.75 Å². The Bertz CT molecular complexity index is 380. The predicted octanol–water partition coefficient (Wildman–Crippen LogP) is 3.45. The molecule has 1 aromatic carbocycles. The zero-order valence-electron chi connectivity index (χ0n) is 12.4.